The Morgan fingerprint density at radius 2 is 2.00 bits per heavy atom. The topological polar surface area (TPSA) is 76.4 Å². The van der Waals surface area contributed by atoms with Crippen LogP contribution in [0.15, 0.2) is 40.8 Å². The Kier molecular flexibility index (Phi) is 3.74. The summed E-state index contributed by atoms with van der Waals surface area (Å²) in [5.74, 6) is -0.629. The number of hydrogen-bond acceptors (Lipinski definition) is 4. The third-order valence-electron chi connectivity index (χ3n) is 3.54. The molecule has 1 N–H and O–H groups in total. The van der Waals surface area contributed by atoms with E-state index in [0.29, 0.717) is 6.42 Å². The monoisotopic (exact) mass is 323 g/mol. The predicted octanol–water partition coefficient (Wildman–Crippen LogP) is 2.00. The number of benzene rings is 1. The number of carbonyl (C=O) groups is 1. The average molecular weight is 323 g/mol. The van der Waals surface area contributed by atoms with Gasteiger partial charge in [0.2, 0.25) is 0 Å². The van der Waals surface area contributed by atoms with Crippen LogP contribution in [0, 0.1) is 5.82 Å². The molecule has 1 fully saturated rings. The summed E-state index contributed by atoms with van der Waals surface area (Å²) in [5, 5.41) is 2.62. The molecule has 0 bridgehead atoms. The van der Waals surface area contributed by atoms with Gasteiger partial charge >= 0.3 is 0 Å². The summed E-state index contributed by atoms with van der Waals surface area (Å²) < 4.78 is 41.8. The van der Waals surface area contributed by atoms with Crippen LogP contribution in [0.5, 0.6) is 0 Å². The molecule has 1 aromatic heterocycles. The number of sulfone groups is 1. The molecule has 3 rings (SSSR count). The zero-order chi connectivity index (χ0) is 15.7. The van der Waals surface area contributed by atoms with Crippen molar-refractivity contribution in [1.29, 1.82) is 0 Å². The molecular weight excluding hydrogens is 309 g/mol. The SMILES string of the molecule is O=C(N[C@@H]1CCS(=O)(=O)C1)c1ccc(-c2ccccc2F)o1. The third-order valence-corrected chi connectivity index (χ3v) is 5.30. The molecule has 0 spiro atoms. The van der Waals surface area contributed by atoms with E-state index >= 15 is 0 Å². The van der Waals surface area contributed by atoms with Gasteiger partial charge in [0, 0.05) is 6.04 Å². The number of nitrogens with one attached hydrogen (secondary N) is 1. The highest BCUT2D eigenvalue weighted by Gasteiger charge is 2.29. The lowest BCUT2D eigenvalue weighted by atomic mass is 10.1. The Hall–Kier alpha value is -2.15. The van der Waals surface area contributed by atoms with E-state index < -0.39 is 27.6 Å². The van der Waals surface area contributed by atoms with Gasteiger partial charge < -0.3 is 9.73 Å². The fraction of sp³-hybridized carbons (Fsp3) is 0.267. The molecule has 0 saturated carbocycles. The van der Waals surface area contributed by atoms with Crippen molar-refractivity contribution in [2.75, 3.05) is 11.5 Å². The van der Waals surface area contributed by atoms with Crippen molar-refractivity contribution in [2.45, 2.75) is 12.5 Å². The second-order valence-corrected chi connectivity index (χ2v) is 7.45. The number of rotatable bonds is 3. The van der Waals surface area contributed by atoms with E-state index in [1.54, 1.807) is 18.2 Å². The lowest BCUT2D eigenvalue weighted by Gasteiger charge is -2.08. The number of hydrogen-bond donors (Lipinski definition) is 1. The van der Waals surface area contributed by atoms with Gasteiger partial charge in [-0.2, -0.15) is 0 Å². The minimum Gasteiger partial charge on any atom is -0.451 e. The first-order valence-electron chi connectivity index (χ1n) is 6.81. The van der Waals surface area contributed by atoms with E-state index in [9.17, 15) is 17.6 Å². The second kappa shape index (κ2) is 5.57. The molecule has 7 heteroatoms. The Morgan fingerprint density at radius 3 is 2.68 bits per heavy atom. The van der Waals surface area contributed by atoms with Crippen molar-refractivity contribution in [3.05, 3.63) is 48.0 Å². The summed E-state index contributed by atoms with van der Waals surface area (Å²) in [6.45, 7) is 0. The molecule has 0 aliphatic carbocycles. The Balaban J connectivity index is 1.74. The Morgan fingerprint density at radius 1 is 1.23 bits per heavy atom. The first-order valence-corrected chi connectivity index (χ1v) is 8.63. The van der Waals surface area contributed by atoms with Crippen LogP contribution < -0.4 is 5.32 Å². The van der Waals surface area contributed by atoms with Gasteiger partial charge in [-0.15, -0.1) is 0 Å². The van der Waals surface area contributed by atoms with Crippen LogP contribution in [-0.2, 0) is 9.84 Å². The molecule has 2 aromatic rings. The van der Waals surface area contributed by atoms with Crippen LogP contribution in [0.1, 0.15) is 17.0 Å². The lowest BCUT2D eigenvalue weighted by Crippen LogP contribution is -2.35. The van der Waals surface area contributed by atoms with Crippen LogP contribution in [-0.4, -0.2) is 31.9 Å². The largest absolute Gasteiger partial charge is 0.451 e. The van der Waals surface area contributed by atoms with Gasteiger partial charge in [-0.1, -0.05) is 12.1 Å². The van der Waals surface area contributed by atoms with Gasteiger partial charge in [0.15, 0.2) is 15.6 Å². The number of halogens is 1. The zero-order valence-electron chi connectivity index (χ0n) is 11.6. The van der Waals surface area contributed by atoms with Crippen LogP contribution in [0.3, 0.4) is 0 Å². The van der Waals surface area contributed by atoms with Gasteiger partial charge in [0.05, 0.1) is 17.1 Å². The van der Waals surface area contributed by atoms with E-state index in [0.717, 1.165) is 0 Å². The molecule has 1 aromatic carbocycles. The van der Waals surface area contributed by atoms with Gasteiger partial charge in [-0.3, -0.25) is 4.79 Å². The highest BCUT2D eigenvalue weighted by molar-refractivity contribution is 7.91. The smallest absolute Gasteiger partial charge is 0.287 e. The van der Waals surface area contributed by atoms with Crippen molar-refractivity contribution in [3.63, 3.8) is 0 Å². The third kappa shape index (κ3) is 3.04. The number of furan rings is 1. The minimum absolute atomic E-state index is 0.0301. The molecule has 1 aliphatic heterocycles. The van der Waals surface area contributed by atoms with Crippen LogP contribution in [0.4, 0.5) is 4.39 Å². The molecule has 0 unspecified atom stereocenters. The van der Waals surface area contributed by atoms with Crippen molar-refractivity contribution in [3.8, 4) is 11.3 Å². The van der Waals surface area contributed by atoms with Crippen molar-refractivity contribution >= 4 is 15.7 Å². The van der Waals surface area contributed by atoms with Crippen LogP contribution in [0.25, 0.3) is 11.3 Å². The van der Waals surface area contributed by atoms with Crippen molar-refractivity contribution < 1.29 is 22.0 Å². The first-order chi connectivity index (χ1) is 10.4. The number of amides is 1. The van der Waals surface area contributed by atoms with E-state index in [1.807, 2.05) is 0 Å². The summed E-state index contributed by atoms with van der Waals surface area (Å²) in [6, 6.07) is 8.65. The summed E-state index contributed by atoms with van der Waals surface area (Å²) in [6.07, 6.45) is 0.398. The zero-order valence-corrected chi connectivity index (χ0v) is 12.4. The summed E-state index contributed by atoms with van der Waals surface area (Å²) in [5.41, 5.74) is 0.269. The molecule has 0 radical (unpaired) electrons. The maximum Gasteiger partial charge on any atom is 0.287 e. The van der Waals surface area contributed by atoms with Crippen LogP contribution >= 0.6 is 0 Å². The first kappa shape index (κ1) is 14.8. The van der Waals surface area contributed by atoms with Gasteiger partial charge in [-0.25, -0.2) is 12.8 Å². The quantitative estimate of drug-likeness (QED) is 0.937. The molecule has 1 amide bonds. The minimum atomic E-state index is -3.06. The van der Waals surface area contributed by atoms with E-state index in [2.05, 4.69) is 5.32 Å². The Labute approximate surface area is 127 Å². The van der Waals surface area contributed by atoms with Gasteiger partial charge in [0.25, 0.3) is 5.91 Å². The van der Waals surface area contributed by atoms with Crippen molar-refractivity contribution in [1.82, 2.24) is 5.32 Å². The molecule has 5 nitrogen and oxygen atoms in total. The van der Waals surface area contributed by atoms with Gasteiger partial charge in [0.1, 0.15) is 11.6 Å². The molecule has 1 saturated heterocycles. The van der Waals surface area contributed by atoms with Gasteiger partial charge in [-0.05, 0) is 30.7 Å². The lowest BCUT2D eigenvalue weighted by molar-refractivity contribution is 0.0914. The van der Waals surface area contributed by atoms with Crippen molar-refractivity contribution in [2.24, 2.45) is 0 Å². The molecule has 116 valence electrons. The molecule has 1 atom stereocenters. The van der Waals surface area contributed by atoms with Crippen LogP contribution in [0.2, 0.25) is 0 Å². The fourth-order valence-electron chi connectivity index (χ4n) is 2.43. The normalized spacial score (nSPS) is 20.0. The highest BCUT2D eigenvalue weighted by atomic mass is 32.2. The molecule has 2 heterocycles. The summed E-state index contributed by atoms with van der Waals surface area (Å²) in [7, 11) is -3.06. The van der Waals surface area contributed by atoms with E-state index in [4.69, 9.17) is 4.42 Å². The van der Waals surface area contributed by atoms with E-state index in [1.165, 1.54) is 18.2 Å². The Bertz CT molecular complexity index is 812. The molecular formula is C15H14FNO4S. The fourth-order valence-corrected chi connectivity index (χ4v) is 4.10. The maximum atomic E-state index is 13.7. The van der Waals surface area contributed by atoms with E-state index in [-0.39, 0.29) is 28.6 Å². The maximum absolute atomic E-state index is 13.7. The average Bonchev–Trinajstić information content (AvgIpc) is 3.06. The summed E-state index contributed by atoms with van der Waals surface area (Å²) in [4.78, 5) is 12.0. The standard InChI is InChI=1S/C15H14FNO4S/c16-12-4-2-1-3-11(12)13-5-6-14(21-13)15(18)17-10-7-8-22(19,20)9-10/h1-6,10H,7-9H2,(H,17,18)/t10-/m1/s1. The molecule has 1 aliphatic rings. The highest BCUT2D eigenvalue weighted by Crippen LogP contribution is 2.25. The second-order valence-electron chi connectivity index (χ2n) is 5.22. The summed E-state index contributed by atoms with van der Waals surface area (Å²) >= 11 is 0. The predicted molar refractivity (Wildman–Crippen MR) is 78.6 cm³/mol. The number of carbonyl (C=O) groups excluding carboxylic acids is 1. The molecule has 22 heavy (non-hydrogen) atoms.